The number of hydrogen-bond donors (Lipinski definition) is 4. The van der Waals surface area contributed by atoms with Crippen LogP contribution in [0.25, 0.3) is 0 Å². The molecule has 1 aliphatic rings. The van der Waals surface area contributed by atoms with Crippen LogP contribution in [0.15, 0.2) is 0 Å². The Morgan fingerprint density at radius 2 is 0.920 bits per heavy atom. The summed E-state index contributed by atoms with van der Waals surface area (Å²) in [5.74, 6) is 0.247. The third kappa shape index (κ3) is 24.5. The van der Waals surface area contributed by atoms with Gasteiger partial charge in [0.15, 0.2) is 0 Å². The minimum atomic E-state index is -1.49. The number of unbranched alkanes of at least 4 members (excludes halogenated alkanes) is 23. The van der Waals surface area contributed by atoms with E-state index in [4.69, 9.17) is 14.2 Å². The summed E-state index contributed by atoms with van der Waals surface area (Å²) < 4.78 is 17.3. The van der Waals surface area contributed by atoms with Crippen molar-refractivity contribution in [3.8, 4) is 0 Å². The highest BCUT2D eigenvalue weighted by Gasteiger charge is 2.49. The number of hydrogen-bond acceptors (Lipinski definition) is 8. The van der Waals surface area contributed by atoms with Crippen LogP contribution < -0.4 is 0 Å². The predicted molar refractivity (Wildman–Crippen MR) is 204 cm³/mol. The summed E-state index contributed by atoms with van der Waals surface area (Å²) in [7, 11) is 0. The fourth-order valence-electron chi connectivity index (χ4n) is 7.04. The van der Waals surface area contributed by atoms with Crippen molar-refractivity contribution in [1.29, 1.82) is 0 Å². The van der Waals surface area contributed by atoms with Gasteiger partial charge in [0, 0.05) is 13.0 Å². The molecule has 0 aliphatic heterocycles. The predicted octanol–water partition coefficient (Wildman–Crippen LogP) is 9.36. The SMILES string of the molecule is CCCCCCCCCCCCCCCCC(=O)O[C@@H](COCCC(C)CCCCCCCCCCCCC)COC1[C@@H](O)[C@H](O)[C@@H](O)[C@@H]1O. The van der Waals surface area contributed by atoms with Gasteiger partial charge in [-0.2, -0.15) is 0 Å². The average Bonchev–Trinajstić information content (AvgIpc) is 3.29. The largest absolute Gasteiger partial charge is 0.457 e. The molecule has 8 nitrogen and oxygen atoms in total. The summed E-state index contributed by atoms with van der Waals surface area (Å²) in [5.41, 5.74) is 0. The third-order valence-electron chi connectivity index (χ3n) is 10.6. The van der Waals surface area contributed by atoms with Gasteiger partial charge in [-0.1, -0.05) is 181 Å². The lowest BCUT2D eigenvalue weighted by Crippen LogP contribution is -2.39. The molecule has 1 unspecified atom stereocenters. The van der Waals surface area contributed by atoms with E-state index in [1.54, 1.807) is 0 Å². The van der Waals surface area contributed by atoms with Gasteiger partial charge >= 0.3 is 5.97 Å². The highest BCUT2D eigenvalue weighted by atomic mass is 16.6. The minimum absolute atomic E-state index is 0.100. The number of aliphatic hydroxyl groups is 4. The van der Waals surface area contributed by atoms with Crippen molar-refractivity contribution in [3.63, 3.8) is 0 Å². The number of esters is 1. The molecule has 0 aromatic carbocycles. The first-order chi connectivity index (χ1) is 24.3. The molecule has 8 heteroatoms. The van der Waals surface area contributed by atoms with Gasteiger partial charge in [0.25, 0.3) is 0 Å². The van der Waals surface area contributed by atoms with E-state index < -0.39 is 36.6 Å². The van der Waals surface area contributed by atoms with Gasteiger partial charge in [-0.3, -0.25) is 4.79 Å². The Kier molecular flexibility index (Phi) is 31.0. The van der Waals surface area contributed by atoms with Crippen molar-refractivity contribution in [2.24, 2.45) is 5.92 Å². The number of aliphatic hydroxyl groups excluding tert-OH is 4. The third-order valence-corrected chi connectivity index (χ3v) is 10.6. The lowest BCUT2D eigenvalue weighted by atomic mass is 9.99. The van der Waals surface area contributed by atoms with Crippen molar-refractivity contribution in [2.45, 2.75) is 237 Å². The molecule has 4 N–H and O–H groups in total. The molecule has 0 aromatic rings. The molecule has 0 amide bonds. The molecule has 0 bridgehead atoms. The Hall–Kier alpha value is -0.770. The van der Waals surface area contributed by atoms with Crippen molar-refractivity contribution < 1.29 is 39.4 Å². The smallest absolute Gasteiger partial charge is 0.306 e. The van der Waals surface area contributed by atoms with E-state index in [9.17, 15) is 25.2 Å². The second kappa shape index (κ2) is 32.8. The van der Waals surface area contributed by atoms with E-state index in [0.29, 0.717) is 18.9 Å². The van der Waals surface area contributed by atoms with Crippen LogP contribution in [0, 0.1) is 5.92 Å². The van der Waals surface area contributed by atoms with Crippen LogP contribution in [0.3, 0.4) is 0 Å². The monoisotopic (exact) mass is 715 g/mol. The Morgan fingerprint density at radius 1 is 0.520 bits per heavy atom. The zero-order valence-corrected chi connectivity index (χ0v) is 32.9. The zero-order valence-electron chi connectivity index (χ0n) is 32.9. The maximum absolute atomic E-state index is 12.7. The summed E-state index contributed by atoms with van der Waals surface area (Å²) >= 11 is 0. The lowest BCUT2D eigenvalue weighted by Gasteiger charge is -2.24. The van der Waals surface area contributed by atoms with Gasteiger partial charge in [0.05, 0.1) is 13.2 Å². The summed E-state index contributed by atoms with van der Waals surface area (Å²) in [6, 6.07) is 0. The fraction of sp³-hybridized carbons (Fsp3) is 0.976. The van der Waals surface area contributed by atoms with Crippen LogP contribution >= 0.6 is 0 Å². The van der Waals surface area contributed by atoms with Gasteiger partial charge in [-0.25, -0.2) is 0 Å². The second-order valence-corrected chi connectivity index (χ2v) is 15.5. The van der Waals surface area contributed by atoms with Gasteiger partial charge in [0.1, 0.15) is 36.6 Å². The number of rotatable bonds is 36. The number of ether oxygens (including phenoxy) is 3. The van der Waals surface area contributed by atoms with E-state index in [2.05, 4.69) is 20.8 Å². The molecule has 1 aliphatic carbocycles. The van der Waals surface area contributed by atoms with E-state index in [1.165, 1.54) is 148 Å². The van der Waals surface area contributed by atoms with Gasteiger partial charge in [0.2, 0.25) is 0 Å². The molecule has 6 atom stereocenters. The normalized spacial score (nSPS) is 20.8. The lowest BCUT2D eigenvalue weighted by molar-refractivity contribution is -0.163. The standard InChI is InChI=1S/C42H82O8/c1-4-6-8-10-12-14-16-17-18-20-22-24-26-28-30-37(43)50-36(34-49-42-40(46)38(44)39(45)41(42)47)33-48-32-31-35(3)29-27-25-23-21-19-15-13-11-9-7-5-2/h35-36,38-42,44-47H,4-34H2,1-3H3/t35?,36-,38+,39+,40-,41-/m0/s1. The Bertz CT molecular complexity index is 737. The van der Waals surface area contributed by atoms with E-state index in [0.717, 1.165) is 25.7 Å². The number of carbonyl (C=O) groups is 1. The molecule has 298 valence electrons. The average molecular weight is 715 g/mol. The molecule has 1 saturated carbocycles. The molecule has 0 heterocycles. The Labute approximate surface area is 307 Å². The molecular weight excluding hydrogens is 632 g/mol. The fourth-order valence-corrected chi connectivity index (χ4v) is 7.04. The van der Waals surface area contributed by atoms with Gasteiger partial charge in [-0.15, -0.1) is 0 Å². The first-order valence-corrected chi connectivity index (χ1v) is 21.4. The van der Waals surface area contributed by atoms with E-state index in [-0.39, 0.29) is 19.2 Å². The maximum atomic E-state index is 12.7. The number of carbonyl (C=O) groups excluding carboxylic acids is 1. The highest BCUT2D eigenvalue weighted by Crippen LogP contribution is 2.25. The molecule has 0 radical (unpaired) electrons. The first-order valence-electron chi connectivity index (χ1n) is 21.4. The molecule has 0 spiro atoms. The van der Waals surface area contributed by atoms with E-state index in [1.807, 2.05) is 0 Å². The second-order valence-electron chi connectivity index (χ2n) is 15.5. The van der Waals surface area contributed by atoms with Crippen LogP contribution in [-0.2, 0) is 19.0 Å². The molecule has 1 fully saturated rings. The van der Waals surface area contributed by atoms with Crippen molar-refractivity contribution >= 4 is 5.97 Å². The van der Waals surface area contributed by atoms with Crippen LogP contribution in [0.1, 0.15) is 201 Å². The van der Waals surface area contributed by atoms with Crippen molar-refractivity contribution in [3.05, 3.63) is 0 Å². The zero-order chi connectivity index (χ0) is 36.7. The van der Waals surface area contributed by atoms with Gasteiger partial charge in [-0.05, 0) is 18.8 Å². The van der Waals surface area contributed by atoms with Crippen LogP contribution in [0.2, 0.25) is 0 Å². The maximum Gasteiger partial charge on any atom is 0.306 e. The van der Waals surface area contributed by atoms with E-state index >= 15 is 0 Å². The summed E-state index contributed by atoms with van der Waals surface area (Å²) in [5, 5.41) is 40.2. The molecule has 0 saturated heterocycles. The summed E-state index contributed by atoms with van der Waals surface area (Å²) in [6.07, 6.45) is 27.1. The molecule has 1 rings (SSSR count). The van der Waals surface area contributed by atoms with Crippen molar-refractivity contribution in [1.82, 2.24) is 0 Å². The van der Waals surface area contributed by atoms with Crippen LogP contribution in [-0.4, -0.2) is 82.8 Å². The minimum Gasteiger partial charge on any atom is -0.457 e. The van der Waals surface area contributed by atoms with Crippen molar-refractivity contribution in [2.75, 3.05) is 19.8 Å². The topological polar surface area (TPSA) is 126 Å². The molecule has 50 heavy (non-hydrogen) atoms. The molecular formula is C42H82O8. The van der Waals surface area contributed by atoms with Gasteiger partial charge < -0.3 is 34.6 Å². The Morgan fingerprint density at radius 3 is 1.36 bits per heavy atom. The summed E-state index contributed by atoms with van der Waals surface area (Å²) in [4.78, 5) is 12.7. The molecule has 0 aromatic heterocycles. The van der Waals surface area contributed by atoms with Crippen LogP contribution in [0.5, 0.6) is 0 Å². The summed E-state index contributed by atoms with van der Waals surface area (Å²) in [6.45, 7) is 7.39. The quantitative estimate of drug-likeness (QED) is 0.0374. The first kappa shape index (κ1) is 47.3. The van der Waals surface area contributed by atoms with Crippen LogP contribution in [0.4, 0.5) is 0 Å². The Balaban J connectivity index is 2.25. The highest BCUT2D eigenvalue weighted by molar-refractivity contribution is 5.69.